The molecule has 0 aliphatic carbocycles. The van der Waals surface area contributed by atoms with Crippen molar-refractivity contribution < 1.29 is 13.2 Å². The number of nitrogens with zero attached hydrogens (tertiary/aromatic N) is 1. The lowest BCUT2D eigenvalue weighted by Crippen LogP contribution is -2.41. The van der Waals surface area contributed by atoms with Gasteiger partial charge < -0.3 is 15.4 Å². The molecule has 0 bridgehead atoms. The van der Waals surface area contributed by atoms with Crippen molar-refractivity contribution in [2.45, 2.75) is 17.7 Å². The third-order valence-corrected chi connectivity index (χ3v) is 6.25. The summed E-state index contributed by atoms with van der Waals surface area (Å²) in [5, 5.41) is 8.00. The number of benzene rings is 1. The molecule has 0 aliphatic heterocycles. The Balaban J connectivity index is 0.00000364. The third kappa shape index (κ3) is 8.03. The van der Waals surface area contributed by atoms with E-state index < -0.39 is 10.0 Å². The number of guanidine groups is 1. The molecule has 1 heterocycles. The molecule has 0 atom stereocenters. The normalized spacial score (nSPS) is 11.6. The number of nitrogens with one attached hydrogen (secondary N) is 3. The van der Waals surface area contributed by atoms with Crippen LogP contribution in [-0.4, -0.2) is 41.1 Å². The first-order valence-electron chi connectivity index (χ1n) is 8.23. The average Bonchev–Trinajstić information content (AvgIpc) is 3.19. The van der Waals surface area contributed by atoms with E-state index in [9.17, 15) is 8.42 Å². The minimum Gasteiger partial charge on any atom is -0.497 e. The number of rotatable bonds is 9. The molecule has 150 valence electrons. The Bertz CT molecular complexity index is 794. The minimum atomic E-state index is -3.43. The van der Waals surface area contributed by atoms with Crippen LogP contribution in [0, 0.1) is 0 Å². The highest BCUT2D eigenvalue weighted by Crippen LogP contribution is 2.14. The third-order valence-electron chi connectivity index (χ3n) is 3.39. The second-order valence-electron chi connectivity index (χ2n) is 5.30. The van der Waals surface area contributed by atoms with Crippen LogP contribution in [-0.2, 0) is 16.6 Å². The Hall–Kier alpha value is -1.37. The zero-order valence-corrected chi connectivity index (χ0v) is 19.2. The lowest BCUT2D eigenvalue weighted by molar-refractivity contribution is 0.414. The molecule has 0 saturated heterocycles. The first-order valence-corrected chi connectivity index (χ1v) is 10.6. The van der Waals surface area contributed by atoms with E-state index >= 15 is 0 Å². The van der Waals surface area contributed by atoms with Crippen molar-refractivity contribution in [3.8, 4) is 5.75 Å². The number of aliphatic imine (C=N–C) groups is 1. The molecule has 0 radical (unpaired) electrons. The maximum absolute atomic E-state index is 12.0. The summed E-state index contributed by atoms with van der Waals surface area (Å²) in [4.78, 5) is 4.50. The van der Waals surface area contributed by atoms with E-state index in [1.54, 1.807) is 24.6 Å². The molecule has 0 fully saturated rings. The molecule has 3 N–H and O–H groups in total. The van der Waals surface area contributed by atoms with Crippen LogP contribution >= 0.6 is 35.3 Å². The van der Waals surface area contributed by atoms with Crippen LogP contribution in [0.5, 0.6) is 5.75 Å². The number of hydrogen-bond acceptors (Lipinski definition) is 5. The monoisotopic (exact) mass is 524 g/mol. The summed E-state index contributed by atoms with van der Waals surface area (Å²) in [6.07, 6.45) is 0. The van der Waals surface area contributed by atoms with Crippen LogP contribution in [0.4, 0.5) is 0 Å². The second kappa shape index (κ2) is 12.2. The molecule has 0 spiro atoms. The molecule has 0 amide bonds. The van der Waals surface area contributed by atoms with Crippen LogP contribution in [0.15, 0.2) is 51.0 Å². The van der Waals surface area contributed by atoms with Gasteiger partial charge in [0.05, 0.1) is 13.7 Å². The zero-order valence-electron chi connectivity index (χ0n) is 15.3. The van der Waals surface area contributed by atoms with E-state index in [0.29, 0.717) is 23.3 Å². The molecule has 1 aromatic heterocycles. The van der Waals surface area contributed by atoms with Crippen LogP contribution in [0.3, 0.4) is 0 Å². The van der Waals surface area contributed by atoms with Gasteiger partial charge in [-0.15, -0.1) is 35.3 Å². The second-order valence-corrected chi connectivity index (χ2v) is 8.24. The van der Waals surface area contributed by atoms with Gasteiger partial charge >= 0.3 is 0 Å². The summed E-state index contributed by atoms with van der Waals surface area (Å²) < 4.78 is 32.1. The predicted molar refractivity (Wildman–Crippen MR) is 121 cm³/mol. The summed E-state index contributed by atoms with van der Waals surface area (Å²) in [7, 11) is -1.80. The quantitative estimate of drug-likeness (QED) is 0.203. The van der Waals surface area contributed by atoms with Crippen LogP contribution < -0.4 is 20.1 Å². The van der Waals surface area contributed by atoms with Gasteiger partial charge in [0.25, 0.3) is 0 Å². The van der Waals surface area contributed by atoms with E-state index in [4.69, 9.17) is 4.74 Å². The molecule has 0 saturated carbocycles. The number of hydrogen-bond donors (Lipinski definition) is 3. The maximum atomic E-state index is 12.0. The fourth-order valence-electron chi connectivity index (χ4n) is 2.10. The number of methoxy groups -OCH3 is 1. The zero-order chi connectivity index (χ0) is 18.8. The fraction of sp³-hybridized carbons (Fsp3) is 0.353. The average molecular weight is 524 g/mol. The van der Waals surface area contributed by atoms with Crippen molar-refractivity contribution in [1.29, 1.82) is 0 Å². The van der Waals surface area contributed by atoms with E-state index in [1.807, 2.05) is 31.2 Å². The molecular formula is C17H25IN4O3S2. The van der Waals surface area contributed by atoms with Crippen molar-refractivity contribution in [2.75, 3.05) is 26.7 Å². The van der Waals surface area contributed by atoms with Crippen molar-refractivity contribution in [2.24, 2.45) is 4.99 Å². The van der Waals surface area contributed by atoms with Crippen molar-refractivity contribution >= 4 is 51.3 Å². The van der Waals surface area contributed by atoms with E-state index in [0.717, 1.165) is 17.9 Å². The van der Waals surface area contributed by atoms with Gasteiger partial charge in [-0.25, -0.2) is 18.1 Å². The van der Waals surface area contributed by atoms with Gasteiger partial charge in [0.15, 0.2) is 5.96 Å². The molecule has 10 heteroatoms. The van der Waals surface area contributed by atoms with Crippen molar-refractivity contribution in [3.63, 3.8) is 0 Å². The van der Waals surface area contributed by atoms with Gasteiger partial charge in [-0.05, 0) is 36.1 Å². The number of sulfonamides is 1. The van der Waals surface area contributed by atoms with Gasteiger partial charge in [-0.1, -0.05) is 18.2 Å². The fourth-order valence-corrected chi connectivity index (χ4v) is 4.17. The number of thiophene rings is 1. The highest BCUT2D eigenvalue weighted by molar-refractivity contribution is 14.0. The molecule has 2 rings (SSSR count). The first-order chi connectivity index (χ1) is 12.5. The molecule has 7 nitrogen and oxygen atoms in total. The summed E-state index contributed by atoms with van der Waals surface area (Å²) in [6, 6.07) is 11.0. The van der Waals surface area contributed by atoms with Crippen LogP contribution in [0.1, 0.15) is 12.5 Å². The topological polar surface area (TPSA) is 91.8 Å². The molecular weight excluding hydrogens is 499 g/mol. The number of ether oxygens (including phenoxy) is 1. The molecule has 0 aliphatic rings. The summed E-state index contributed by atoms with van der Waals surface area (Å²) in [6.45, 7) is 3.91. The van der Waals surface area contributed by atoms with Crippen molar-refractivity contribution in [1.82, 2.24) is 15.4 Å². The summed E-state index contributed by atoms with van der Waals surface area (Å²) in [5.41, 5.74) is 1.06. The van der Waals surface area contributed by atoms with Gasteiger partial charge in [0, 0.05) is 19.6 Å². The molecule has 2 aromatic rings. The lowest BCUT2D eigenvalue weighted by Gasteiger charge is -2.12. The van der Waals surface area contributed by atoms with E-state index in [2.05, 4.69) is 20.3 Å². The molecule has 1 aromatic carbocycles. The molecule has 0 unspecified atom stereocenters. The highest BCUT2D eigenvalue weighted by atomic mass is 127. The lowest BCUT2D eigenvalue weighted by atomic mass is 10.2. The summed E-state index contributed by atoms with van der Waals surface area (Å²) >= 11 is 1.19. The van der Waals surface area contributed by atoms with E-state index in [-0.39, 0.29) is 30.5 Å². The van der Waals surface area contributed by atoms with Crippen LogP contribution in [0.2, 0.25) is 0 Å². The predicted octanol–water partition coefficient (Wildman–Crippen LogP) is 2.41. The SMILES string of the molecule is CCNC(=NCc1ccc(OC)cc1)NCCNS(=O)(=O)c1cccs1.I. The Morgan fingerprint density at radius 1 is 1.15 bits per heavy atom. The Kier molecular flexibility index (Phi) is 10.7. The largest absolute Gasteiger partial charge is 0.497 e. The van der Waals surface area contributed by atoms with Gasteiger partial charge in [0.2, 0.25) is 10.0 Å². The Labute approximate surface area is 181 Å². The number of halogens is 1. The van der Waals surface area contributed by atoms with Gasteiger partial charge in [0.1, 0.15) is 9.96 Å². The van der Waals surface area contributed by atoms with Gasteiger partial charge in [-0.2, -0.15) is 0 Å². The minimum absolute atomic E-state index is 0. The molecule has 27 heavy (non-hydrogen) atoms. The van der Waals surface area contributed by atoms with Gasteiger partial charge in [-0.3, -0.25) is 0 Å². The maximum Gasteiger partial charge on any atom is 0.250 e. The Morgan fingerprint density at radius 3 is 2.48 bits per heavy atom. The highest BCUT2D eigenvalue weighted by Gasteiger charge is 2.13. The van der Waals surface area contributed by atoms with Crippen LogP contribution in [0.25, 0.3) is 0 Å². The smallest absolute Gasteiger partial charge is 0.250 e. The Morgan fingerprint density at radius 2 is 1.89 bits per heavy atom. The standard InChI is InChI=1S/C17H24N4O3S2.HI/c1-3-18-17(20-13-14-6-8-15(24-2)9-7-14)19-10-11-21-26(22,23)16-5-4-12-25-16;/h4-9,12,21H,3,10-11,13H2,1-2H3,(H2,18,19,20);1H. The van der Waals surface area contributed by atoms with Crippen molar-refractivity contribution in [3.05, 3.63) is 47.3 Å². The first kappa shape index (κ1) is 23.7. The van der Waals surface area contributed by atoms with E-state index in [1.165, 1.54) is 11.3 Å². The summed E-state index contributed by atoms with van der Waals surface area (Å²) in [5.74, 6) is 1.44.